The number of aromatic carboxylic acids is 1. The van der Waals surface area contributed by atoms with Crippen molar-refractivity contribution < 1.29 is 42.1 Å². The number of rotatable bonds is 9. The number of nitrogens with zero attached hydrogens (tertiary/aromatic N) is 1. The molecule has 1 heterocycles. The second-order valence-corrected chi connectivity index (χ2v) is 9.92. The number of esters is 1. The first-order valence-corrected chi connectivity index (χ1v) is 13.5. The lowest BCUT2D eigenvalue weighted by atomic mass is 9.98. The van der Waals surface area contributed by atoms with Crippen LogP contribution in [0.4, 0.5) is 13.2 Å². The Morgan fingerprint density at radius 2 is 1.55 bits per heavy atom. The lowest BCUT2D eigenvalue weighted by Crippen LogP contribution is -2.33. The van der Waals surface area contributed by atoms with Crippen LogP contribution in [0.2, 0.25) is 0 Å². The zero-order valence-corrected chi connectivity index (χ0v) is 22.5. The normalized spacial score (nSPS) is 14.0. The minimum absolute atomic E-state index is 0.0824. The van der Waals surface area contributed by atoms with Gasteiger partial charge in [-0.15, -0.1) is 0 Å². The lowest BCUT2D eigenvalue weighted by molar-refractivity contribution is -0.189. The molecule has 0 saturated carbocycles. The highest BCUT2D eigenvalue weighted by molar-refractivity contribution is 5.97. The molecule has 218 valence electrons. The second-order valence-electron chi connectivity index (χ2n) is 9.92. The summed E-state index contributed by atoms with van der Waals surface area (Å²) in [6.07, 6.45) is -1.44. The fraction of sp³-hybridized carbons (Fsp3) is 0.250. The molecular formula is C32H28F3NO6. The van der Waals surface area contributed by atoms with Gasteiger partial charge < -0.3 is 19.3 Å². The number of carboxylic acid groups (broad SMARTS) is 1. The van der Waals surface area contributed by atoms with E-state index in [0.717, 1.165) is 19.6 Å². The van der Waals surface area contributed by atoms with Gasteiger partial charge in [0.1, 0.15) is 29.6 Å². The van der Waals surface area contributed by atoms with Crippen LogP contribution in [0.15, 0.2) is 78.9 Å². The van der Waals surface area contributed by atoms with E-state index >= 15 is 0 Å². The van der Waals surface area contributed by atoms with E-state index in [-0.39, 0.29) is 11.3 Å². The Kier molecular flexibility index (Phi) is 8.63. The summed E-state index contributed by atoms with van der Waals surface area (Å²) in [7, 11) is 0. The van der Waals surface area contributed by atoms with E-state index in [1.54, 1.807) is 48.5 Å². The molecule has 0 aromatic heterocycles. The number of halogens is 3. The first-order chi connectivity index (χ1) is 20.2. The van der Waals surface area contributed by atoms with E-state index < -0.39 is 18.1 Å². The fourth-order valence-electron chi connectivity index (χ4n) is 4.86. The zero-order valence-electron chi connectivity index (χ0n) is 22.5. The van der Waals surface area contributed by atoms with Crippen molar-refractivity contribution in [2.24, 2.45) is 0 Å². The summed E-state index contributed by atoms with van der Waals surface area (Å²) in [6, 6.07) is 20.7. The molecule has 1 fully saturated rings. The Morgan fingerprint density at radius 3 is 2.26 bits per heavy atom. The van der Waals surface area contributed by atoms with Crippen LogP contribution in [0.25, 0.3) is 21.9 Å². The Labute approximate surface area is 240 Å². The van der Waals surface area contributed by atoms with Crippen LogP contribution in [-0.4, -0.2) is 54.4 Å². The standard InChI is InChI=1S/C32H28F3NO6/c33-32(34,35)31(39)42-26-12-14-28-22(20-26)7-13-27(21-5-4-6-23(19-21)30(37)38)29(28)41-25-10-8-24(9-11-25)40-18-17-36-15-2-1-3-16-36/h4-14,19-20H,1-3,15-18H2,(H,37,38). The quantitative estimate of drug-likeness (QED) is 0.164. The highest BCUT2D eigenvalue weighted by Crippen LogP contribution is 2.41. The molecule has 1 saturated heterocycles. The van der Waals surface area contributed by atoms with Crippen molar-refractivity contribution >= 4 is 22.7 Å². The Morgan fingerprint density at radius 1 is 0.833 bits per heavy atom. The Hall–Kier alpha value is -4.57. The smallest absolute Gasteiger partial charge is 0.491 e. The minimum atomic E-state index is -5.13. The molecule has 0 spiro atoms. The zero-order chi connectivity index (χ0) is 29.7. The van der Waals surface area contributed by atoms with Gasteiger partial charge in [-0.05, 0) is 97.5 Å². The summed E-state index contributed by atoms with van der Waals surface area (Å²) in [6.45, 7) is 3.60. The van der Waals surface area contributed by atoms with E-state index in [1.807, 2.05) is 0 Å². The number of ether oxygens (including phenoxy) is 3. The van der Waals surface area contributed by atoms with Gasteiger partial charge in [-0.25, -0.2) is 9.59 Å². The maximum absolute atomic E-state index is 12.7. The lowest BCUT2D eigenvalue weighted by Gasteiger charge is -2.26. The van der Waals surface area contributed by atoms with Gasteiger partial charge in [-0.1, -0.05) is 24.6 Å². The third-order valence-corrected chi connectivity index (χ3v) is 6.97. The summed E-state index contributed by atoms with van der Waals surface area (Å²) < 4.78 is 54.9. The third kappa shape index (κ3) is 7.01. The van der Waals surface area contributed by atoms with E-state index in [9.17, 15) is 27.9 Å². The molecule has 42 heavy (non-hydrogen) atoms. The van der Waals surface area contributed by atoms with Gasteiger partial charge in [-0.2, -0.15) is 13.2 Å². The summed E-state index contributed by atoms with van der Waals surface area (Å²) in [5.41, 5.74) is 1.21. The van der Waals surface area contributed by atoms with Crippen LogP contribution in [0.3, 0.4) is 0 Å². The largest absolute Gasteiger partial charge is 0.492 e. The molecule has 7 nitrogen and oxygen atoms in total. The number of piperidine rings is 1. The number of hydrogen-bond acceptors (Lipinski definition) is 6. The molecule has 0 amide bonds. The van der Waals surface area contributed by atoms with Crippen molar-refractivity contribution in [2.75, 3.05) is 26.2 Å². The highest BCUT2D eigenvalue weighted by atomic mass is 19.4. The molecule has 1 aliphatic rings. The van der Waals surface area contributed by atoms with Crippen molar-refractivity contribution in [1.82, 2.24) is 4.90 Å². The average Bonchev–Trinajstić information content (AvgIpc) is 2.98. The molecule has 0 aliphatic carbocycles. The molecule has 0 atom stereocenters. The minimum Gasteiger partial charge on any atom is -0.492 e. The van der Waals surface area contributed by atoms with Crippen molar-refractivity contribution in [3.05, 3.63) is 84.4 Å². The molecule has 0 radical (unpaired) electrons. The second kappa shape index (κ2) is 12.5. The molecular weight excluding hydrogens is 551 g/mol. The maximum Gasteiger partial charge on any atom is 0.491 e. The van der Waals surface area contributed by atoms with Crippen molar-refractivity contribution in [1.29, 1.82) is 0 Å². The topological polar surface area (TPSA) is 85.3 Å². The van der Waals surface area contributed by atoms with Crippen LogP contribution in [-0.2, 0) is 4.79 Å². The number of carboxylic acids is 1. The number of carbonyl (C=O) groups excluding carboxylic acids is 1. The van der Waals surface area contributed by atoms with Crippen LogP contribution in [0.5, 0.6) is 23.0 Å². The SMILES string of the molecule is O=C(O)c1cccc(-c2ccc3cc(OC(=O)C(F)(F)F)ccc3c2Oc2ccc(OCCN3CCCCC3)cc2)c1. The van der Waals surface area contributed by atoms with E-state index in [4.69, 9.17) is 9.47 Å². The van der Waals surface area contributed by atoms with Crippen LogP contribution in [0, 0.1) is 0 Å². The van der Waals surface area contributed by atoms with Crippen molar-refractivity contribution in [2.45, 2.75) is 25.4 Å². The van der Waals surface area contributed by atoms with E-state index in [1.165, 1.54) is 49.6 Å². The van der Waals surface area contributed by atoms with Crippen molar-refractivity contribution in [3.63, 3.8) is 0 Å². The average molecular weight is 580 g/mol. The van der Waals surface area contributed by atoms with Gasteiger partial charge in [0.15, 0.2) is 0 Å². The number of benzene rings is 4. The molecule has 0 bridgehead atoms. The number of fused-ring (bicyclic) bond motifs is 1. The predicted octanol–water partition coefficient (Wildman–Crippen LogP) is 7.33. The van der Waals surface area contributed by atoms with Crippen LogP contribution in [0.1, 0.15) is 29.6 Å². The summed E-state index contributed by atoms with van der Waals surface area (Å²) in [4.78, 5) is 25.3. The Bertz CT molecular complexity index is 1580. The fourth-order valence-corrected chi connectivity index (χ4v) is 4.86. The van der Waals surface area contributed by atoms with E-state index in [0.29, 0.717) is 45.8 Å². The number of likely N-dealkylation sites (tertiary alicyclic amines) is 1. The molecule has 1 aliphatic heterocycles. The monoisotopic (exact) mass is 579 g/mol. The van der Waals surface area contributed by atoms with Gasteiger partial charge in [-0.3, -0.25) is 4.90 Å². The van der Waals surface area contributed by atoms with Gasteiger partial charge >= 0.3 is 18.1 Å². The van der Waals surface area contributed by atoms with Gasteiger partial charge in [0, 0.05) is 17.5 Å². The molecule has 0 unspecified atom stereocenters. The number of hydrogen-bond donors (Lipinski definition) is 1. The van der Waals surface area contributed by atoms with Crippen molar-refractivity contribution in [3.8, 4) is 34.1 Å². The molecule has 10 heteroatoms. The summed E-state index contributed by atoms with van der Waals surface area (Å²) in [5.74, 6) is -2.19. The molecule has 4 aromatic carbocycles. The van der Waals surface area contributed by atoms with Gasteiger partial charge in [0.25, 0.3) is 0 Å². The molecule has 5 rings (SSSR count). The maximum atomic E-state index is 12.7. The predicted molar refractivity (Wildman–Crippen MR) is 150 cm³/mol. The van der Waals surface area contributed by atoms with Crippen LogP contribution >= 0.6 is 0 Å². The van der Waals surface area contributed by atoms with Gasteiger partial charge in [0.05, 0.1) is 5.56 Å². The molecule has 1 N–H and O–H groups in total. The van der Waals surface area contributed by atoms with Crippen LogP contribution < -0.4 is 14.2 Å². The first-order valence-electron chi connectivity index (χ1n) is 13.5. The highest BCUT2D eigenvalue weighted by Gasteiger charge is 2.41. The van der Waals surface area contributed by atoms with E-state index in [2.05, 4.69) is 9.64 Å². The first kappa shape index (κ1) is 28.9. The van der Waals surface area contributed by atoms with Gasteiger partial charge in [0.2, 0.25) is 0 Å². The third-order valence-electron chi connectivity index (χ3n) is 6.97. The summed E-state index contributed by atoms with van der Waals surface area (Å²) in [5, 5.41) is 10.5. The number of alkyl halides is 3. The number of carbonyl (C=O) groups is 2. The summed E-state index contributed by atoms with van der Waals surface area (Å²) >= 11 is 0. The Balaban J connectivity index is 1.43. The molecule has 4 aromatic rings.